The van der Waals surface area contributed by atoms with Crippen molar-refractivity contribution in [1.82, 2.24) is 9.80 Å². The summed E-state index contributed by atoms with van der Waals surface area (Å²) in [5.41, 5.74) is 7.09. The van der Waals surface area contributed by atoms with Gasteiger partial charge in [0, 0.05) is 26.2 Å². The Hall–Kier alpha value is -0.810. The number of carbonyl (C=O) groups is 1. The summed E-state index contributed by atoms with van der Waals surface area (Å²) in [6.07, 6.45) is 4.31. The number of hydrogen-bond donors (Lipinski definition) is 1. The average Bonchev–Trinajstić information content (AvgIpc) is 2.62. The maximum absolute atomic E-state index is 12.8. The molecule has 2 aliphatic rings. The molecule has 0 bridgehead atoms. The van der Waals surface area contributed by atoms with E-state index in [-0.39, 0.29) is 30.7 Å². The molecule has 1 aromatic carbocycles. The highest BCUT2D eigenvalue weighted by Gasteiger charge is 2.31. The molecule has 2 fully saturated rings. The van der Waals surface area contributed by atoms with Crippen molar-refractivity contribution in [2.45, 2.75) is 32.2 Å². The molecule has 6 heteroatoms. The molecule has 0 aromatic heterocycles. The summed E-state index contributed by atoms with van der Waals surface area (Å²) in [5, 5.41) is 0. The van der Waals surface area contributed by atoms with E-state index in [0.29, 0.717) is 11.8 Å². The largest absolute Gasteiger partial charge is 0.342 e. The molecule has 0 spiro atoms. The van der Waals surface area contributed by atoms with E-state index in [0.717, 1.165) is 65.0 Å². The van der Waals surface area contributed by atoms with Gasteiger partial charge in [0.25, 0.3) is 0 Å². The zero-order valence-corrected chi connectivity index (χ0v) is 16.4. The molecule has 0 saturated carbocycles. The van der Waals surface area contributed by atoms with Gasteiger partial charge in [-0.15, -0.1) is 24.8 Å². The first-order chi connectivity index (χ1) is 11.3. The summed E-state index contributed by atoms with van der Waals surface area (Å²) in [7, 11) is 0. The summed E-state index contributed by atoms with van der Waals surface area (Å²) in [5.74, 6) is 1.17. The number of halogens is 2. The van der Waals surface area contributed by atoms with Crippen molar-refractivity contribution in [2.75, 3.05) is 32.7 Å². The van der Waals surface area contributed by atoms with E-state index in [9.17, 15) is 4.79 Å². The van der Waals surface area contributed by atoms with Gasteiger partial charge in [-0.05, 0) is 50.3 Å². The quantitative estimate of drug-likeness (QED) is 0.863. The van der Waals surface area contributed by atoms with Gasteiger partial charge in [0.2, 0.25) is 5.91 Å². The highest BCUT2D eigenvalue weighted by molar-refractivity contribution is 5.85. The van der Waals surface area contributed by atoms with Crippen molar-refractivity contribution in [2.24, 2.45) is 17.6 Å². The van der Waals surface area contributed by atoms with Crippen molar-refractivity contribution in [1.29, 1.82) is 0 Å². The van der Waals surface area contributed by atoms with Crippen LogP contribution in [0.15, 0.2) is 30.3 Å². The molecule has 1 atom stereocenters. The maximum atomic E-state index is 12.8. The standard InChI is InChI=1S/C19H29N3O.2ClH/c20-13-16-8-11-22(12-9-16)19(23)18-7-4-10-21(15-18)14-17-5-2-1-3-6-17;;/h1-3,5-6,16,18H,4,7-15,20H2;2*1H. The van der Waals surface area contributed by atoms with Crippen LogP contribution in [0.3, 0.4) is 0 Å². The van der Waals surface area contributed by atoms with Crippen molar-refractivity contribution in [3.8, 4) is 0 Å². The van der Waals surface area contributed by atoms with E-state index in [1.54, 1.807) is 0 Å². The van der Waals surface area contributed by atoms with E-state index in [4.69, 9.17) is 5.73 Å². The Morgan fingerprint density at radius 2 is 1.72 bits per heavy atom. The highest BCUT2D eigenvalue weighted by Crippen LogP contribution is 2.23. The van der Waals surface area contributed by atoms with Crippen LogP contribution in [-0.4, -0.2) is 48.4 Å². The lowest BCUT2D eigenvalue weighted by atomic mass is 9.92. The first-order valence-corrected chi connectivity index (χ1v) is 9.01. The summed E-state index contributed by atoms with van der Waals surface area (Å²) in [6.45, 7) is 5.53. The minimum absolute atomic E-state index is 0. The fraction of sp³-hybridized carbons (Fsp3) is 0.632. The van der Waals surface area contributed by atoms with Crippen LogP contribution in [0.1, 0.15) is 31.2 Å². The van der Waals surface area contributed by atoms with Gasteiger partial charge in [0.05, 0.1) is 5.92 Å². The summed E-state index contributed by atoms with van der Waals surface area (Å²) in [6, 6.07) is 10.6. The number of piperidine rings is 2. The Balaban J connectivity index is 0.00000156. The minimum Gasteiger partial charge on any atom is -0.342 e. The van der Waals surface area contributed by atoms with Crippen LogP contribution >= 0.6 is 24.8 Å². The lowest BCUT2D eigenvalue weighted by molar-refractivity contribution is -0.138. The van der Waals surface area contributed by atoms with Gasteiger partial charge in [-0.3, -0.25) is 9.69 Å². The minimum atomic E-state index is 0. The molecule has 0 radical (unpaired) electrons. The smallest absolute Gasteiger partial charge is 0.226 e. The van der Waals surface area contributed by atoms with Crippen LogP contribution in [0.25, 0.3) is 0 Å². The first-order valence-electron chi connectivity index (χ1n) is 9.01. The van der Waals surface area contributed by atoms with Crippen LogP contribution in [0, 0.1) is 11.8 Å². The number of amides is 1. The molecule has 2 N–H and O–H groups in total. The molecule has 1 unspecified atom stereocenters. The van der Waals surface area contributed by atoms with Crippen molar-refractivity contribution in [3.63, 3.8) is 0 Å². The molecule has 142 valence electrons. The van der Waals surface area contributed by atoms with Crippen LogP contribution < -0.4 is 5.73 Å². The number of carbonyl (C=O) groups excluding carboxylic acids is 1. The predicted octanol–water partition coefficient (Wildman–Crippen LogP) is 2.94. The number of likely N-dealkylation sites (tertiary alicyclic amines) is 2. The molecular weight excluding hydrogens is 357 g/mol. The fourth-order valence-corrected chi connectivity index (χ4v) is 3.89. The topological polar surface area (TPSA) is 49.6 Å². The van der Waals surface area contributed by atoms with Crippen molar-refractivity contribution in [3.05, 3.63) is 35.9 Å². The third-order valence-corrected chi connectivity index (χ3v) is 5.36. The zero-order chi connectivity index (χ0) is 16.1. The van der Waals surface area contributed by atoms with E-state index < -0.39 is 0 Å². The van der Waals surface area contributed by atoms with Crippen LogP contribution in [-0.2, 0) is 11.3 Å². The van der Waals surface area contributed by atoms with Gasteiger partial charge in [0.15, 0.2) is 0 Å². The second-order valence-corrected chi connectivity index (χ2v) is 7.06. The van der Waals surface area contributed by atoms with Gasteiger partial charge in [-0.1, -0.05) is 30.3 Å². The second kappa shape index (κ2) is 11.0. The zero-order valence-electron chi connectivity index (χ0n) is 14.8. The Bertz CT molecular complexity index is 507. The highest BCUT2D eigenvalue weighted by atomic mass is 35.5. The Kier molecular flexibility index (Phi) is 9.80. The van der Waals surface area contributed by atoms with E-state index in [1.165, 1.54) is 5.56 Å². The number of nitrogens with zero attached hydrogens (tertiary/aromatic N) is 2. The van der Waals surface area contributed by atoms with Crippen molar-refractivity contribution < 1.29 is 4.79 Å². The predicted molar refractivity (Wildman–Crippen MR) is 107 cm³/mol. The third-order valence-electron chi connectivity index (χ3n) is 5.36. The summed E-state index contributed by atoms with van der Waals surface area (Å²) in [4.78, 5) is 17.3. The average molecular weight is 388 g/mol. The third kappa shape index (κ3) is 6.14. The van der Waals surface area contributed by atoms with Crippen LogP contribution in [0.4, 0.5) is 0 Å². The molecule has 3 rings (SSSR count). The van der Waals surface area contributed by atoms with E-state index >= 15 is 0 Å². The van der Waals surface area contributed by atoms with Crippen molar-refractivity contribution >= 4 is 30.7 Å². The molecule has 4 nitrogen and oxygen atoms in total. The fourth-order valence-electron chi connectivity index (χ4n) is 3.89. The molecule has 2 aliphatic heterocycles. The van der Waals surface area contributed by atoms with Gasteiger partial charge < -0.3 is 10.6 Å². The number of benzene rings is 1. The Labute approximate surface area is 163 Å². The molecule has 1 amide bonds. The summed E-state index contributed by atoms with van der Waals surface area (Å²) < 4.78 is 0. The number of nitrogens with two attached hydrogens (primary N) is 1. The SMILES string of the molecule is Cl.Cl.NCC1CCN(C(=O)C2CCCN(Cc3ccccc3)C2)CC1. The van der Waals surface area contributed by atoms with Gasteiger partial charge in [-0.25, -0.2) is 0 Å². The normalized spacial score (nSPS) is 22.0. The molecule has 0 aliphatic carbocycles. The van der Waals surface area contributed by atoms with E-state index in [1.807, 2.05) is 0 Å². The Morgan fingerprint density at radius 3 is 2.36 bits per heavy atom. The maximum Gasteiger partial charge on any atom is 0.226 e. The molecule has 25 heavy (non-hydrogen) atoms. The molecule has 1 aromatic rings. The molecule has 2 saturated heterocycles. The van der Waals surface area contributed by atoms with Gasteiger partial charge in [-0.2, -0.15) is 0 Å². The second-order valence-electron chi connectivity index (χ2n) is 7.06. The molecular formula is C19H31Cl2N3O. The number of hydrogen-bond acceptors (Lipinski definition) is 3. The van der Waals surface area contributed by atoms with Gasteiger partial charge in [0.1, 0.15) is 0 Å². The molecule has 2 heterocycles. The first kappa shape index (κ1) is 22.2. The monoisotopic (exact) mass is 387 g/mol. The van der Waals surface area contributed by atoms with Gasteiger partial charge >= 0.3 is 0 Å². The lowest BCUT2D eigenvalue weighted by Crippen LogP contribution is -2.47. The van der Waals surface area contributed by atoms with Crippen LogP contribution in [0.2, 0.25) is 0 Å². The Morgan fingerprint density at radius 1 is 1.04 bits per heavy atom. The van der Waals surface area contributed by atoms with E-state index in [2.05, 4.69) is 40.1 Å². The lowest BCUT2D eigenvalue weighted by Gasteiger charge is -2.37. The summed E-state index contributed by atoms with van der Waals surface area (Å²) >= 11 is 0. The van der Waals surface area contributed by atoms with Crippen LogP contribution in [0.5, 0.6) is 0 Å². The number of rotatable bonds is 4.